The van der Waals surface area contributed by atoms with Crippen LogP contribution in [0.4, 0.5) is 0 Å². The van der Waals surface area contributed by atoms with E-state index in [2.05, 4.69) is 65.5 Å². The van der Waals surface area contributed by atoms with Crippen molar-refractivity contribution in [3.05, 3.63) is 35.4 Å². The number of hydrogen-bond donors (Lipinski definition) is 2. The first-order valence-corrected chi connectivity index (χ1v) is 10.5. The molecule has 2 aliphatic heterocycles. The Labute approximate surface area is 173 Å². The quantitative estimate of drug-likeness (QED) is 0.709. The molecular weight excluding hydrogens is 368 g/mol. The second-order valence-electron chi connectivity index (χ2n) is 8.66. The number of rotatable bonds is 7. The van der Waals surface area contributed by atoms with Crippen molar-refractivity contribution in [2.75, 3.05) is 45.9 Å². The van der Waals surface area contributed by atoms with Crippen LogP contribution in [0.1, 0.15) is 31.4 Å². The number of aryl methyl sites for hydroxylation is 1. The molecular formula is C22H34N4O3. The van der Waals surface area contributed by atoms with Gasteiger partial charge in [0.05, 0.1) is 25.7 Å². The first kappa shape index (κ1) is 21.7. The lowest BCUT2D eigenvalue weighted by atomic mass is 10.0. The standard InChI is InChI=1S/C22H34N4O3/c1-17-4-6-18(7-5-17)15-25-9-8-23-21(28)19(25)14-20(27)24-16-22(2,3)26-10-12-29-13-11-26/h4-7,19H,8-16H2,1-3H3,(H,23,28)(H,24,27). The molecule has 0 aromatic heterocycles. The molecule has 2 heterocycles. The molecule has 1 atom stereocenters. The topological polar surface area (TPSA) is 73.9 Å². The van der Waals surface area contributed by atoms with Crippen molar-refractivity contribution >= 4 is 11.8 Å². The zero-order valence-corrected chi connectivity index (χ0v) is 17.9. The van der Waals surface area contributed by atoms with Gasteiger partial charge < -0.3 is 15.4 Å². The molecule has 3 rings (SSSR count). The van der Waals surface area contributed by atoms with Gasteiger partial charge in [0.25, 0.3) is 0 Å². The first-order chi connectivity index (χ1) is 13.8. The van der Waals surface area contributed by atoms with Crippen LogP contribution in [0.3, 0.4) is 0 Å². The van der Waals surface area contributed by atoms with E-state index in [-0.39, 0.29) is 23.8 Å². The Hall–Kier alpha value is -1.96. The number of carbonyl (C=O) groups is 2. The van der Waals surface area contributed by atoms with Crippen molar-refractivity contribution in [2.45, 2.75) is 45.3 Å². The minimum Gasteiger partial charge on any atom is -0.379 e. The van der Waals surface area contributed by atoms with Gasteiger partial charge in [-0.3, -0.25) is 19.4 Å². The Kier molecular flexibility index (Phi) is 7.27. The summed E-state index contributed by atoms with van der Waals surface area (Å²) in [5, 5.41) is 5.96. The van der Waals surface area contributed by atoms with Crippen molar-refractivity contribution in [2.24, 2.45) is 0 Å². The van der Waals surface area contributed by atoms with Crippen molar-refractivity contribution in [1.82, 2.24) is 20.4 Å². The van der Waals surface area contributed by atoms with Gasteiger partial charge in [0.15, 0.2) is 0 Å². The molecule has 29 heavy (non-hydrogen) atoms. The van der Waals surface area contributed by atoms with Crippen LogP contribution >= 0.6 is 0 Å². The zero-order chi connectivity index (χ0) is 20.9. The van der Waals surface area contributed by atoms with Crippen LogP contribution in [0.5, 0.6) is 0 Å². The fourth-order valence-corrected chi connectivity index (χ4v) is 3.94. The van der Waals surface area contributed by atoms with E-state index in [9.17, 15) is 9.59 Å². The predicted molar refractivity (Wildman–Crippen MR) is 112 cm³/mol. The number of hydrogen-bond acceptors (Lipinski definition) is 5. The molecule has 2 saturated heterocycles. The summed E-state index contributed by atoms with van der Waals surface area (Å²) in [5.74, 6) is -0.145. The summed E-state index contributed by atoms with van der Waals surface area (Å²) in [7, 11) is 0. The van der Waals surface area contributed by atoms with Gasteiger partial charge in [-0.25, -0.2) is 0 Å². The van der Waals surface area contributed by atoms with Crippen LogP contribution in [-0.2, 0) is 20.9 Å². The number of morpholine rings is 1. The van der Waals surface area contributed by atoms with E-state index in [1.165, 1.54) is 5.56 Å². The van der Waals surface area contributed by atoms with Crippen LogP contribution in [0.25, 0.3) is 0 Å². The molecule has 1 unspecified atom stereocenters. The average Bonchev–Trinajstić information content (AvgIpc) is 2.71. The van der Waals surface area contributed by atoms with Gasteiger partial charge in [0, 0.05) is 44.8 Å². The first-order valence-electron chi connectivity index (χ1n) is 10.5. The molecule has 0 saturated carbocycles. The molecule has 0 aliphatic carbocycles. The minimum absolute atomic E-state index is 0.0639. The average molecular weight is 403 g/mol. The second kappa shape index (κ2) is 9.69. The lowest BCUT2D eigenvalue weighted by molar-refractivity contribution is -0.134. The highest BCUT2D eigenvalue weighted by Crippen LogP contribution is 2.17. The third-order valence-corrected chi connectivity index (χ3v) is 5.91. The molecule has 1 aromatic carbocycles. The molecule has 2 N–H and O–H groups in total. The van der Waals surface area contributed by atoms with Gasteiger partial charge in [-0.15, -0.1) is 0 Å². The molecule has 1 aromatic rings. The van der Waals surface area contributed by atoms with Crippen molar-refractivity contribution in [3.8, 4) is 0 Å². The molecule has 2 aliphatic rings. The molecule has 7 heteroatoms. The lowest BCUT2D eigenvalue weighted by Gasteiger charge is -2.41. The van der Waals surface area contributed by atoms with Gasteiger partial charge in [0.1, 0.15) is 0 Å². The van der Waals surface area contributed by atoms with Crippen LogP contribution in [0.15, 0.2) is 24.3 Å². The fourth-order valence-electron chi connectivity index (χ4n) is 3.94. The Morgan fingerprint density at radius 1 is 1.21 bits per heavy atom. The number of piperazine rings is 1. The largest absolute Gasteiger partial charge is 0.379 e. The minimum atomic E-state index is -0.434. The van der Waals surface area contributed by atoms with Crippen molar-refractivity contribution < 1.29 is 14.3 Å². The van der Waals surface area contributed by atoms with E-state index in [1.807, 2.05) is 0 Å². The summed E-state index contributed by atoms with van der Waals surface area (Å²) >= 11 is 0. The molecule has 160 valence electrons. The molecule has 0 spiro atoms. The van der Waals surface area contributed by atoms with E-state index in [1.54, 1.807) is 0 Å². The van der Waals surface area contributed by atoms with Crippen molar-refractivity contribution in [3.63, 3.8) is 0 Å². The Morgan fingerprint density at radius 2 is 1.90 bits per heavy atom. The maximum absolute atomic E-state index is 12.7. The number of nitrogens with one attached hydrogen (secondary N) is 2. The highest BCUT2D eigenvalue weighted by Gasteiger charge is 2.33. The number of nitrogens with zero attached hydrogens (tertiary/aromatic N) is 2. The van der Waals surface area contributed by atoms with Crippen LogP contribution < -0.4 is 10.6 Å². The lowest BCUT2D eigenvalue weighted by Crippen LogP contribution is -2.58. The normalized spacial score (nSPS) is 21.6. The third-order valence-electron chi connectivity index (χ3n) is 5.91. The van der Waals surface area contributed by atoms with Crippen LogP contribution in [-0.4, -0.2) is 79.1 Å². The second-order valence-corrected chi connectivity index (χ2v) is 8.66. The molecule has 0 bridgehead atoms. The molecule has 2 fully saturated rings. The molecule has 7 nitrogen and oxygen atoms in total. The SMILES string of the molecule is Cc1ccc(CN2CCNC(=O)C2CC(=O)NCC(C)(C)N2CCOCC2)cc1. The van der Waals surface area contributed by atoms with Gasteiger partial charge in [0.2, 0.25) is 11.8 Å². The summed E-state index contributed by atoms with van der Waals surface area (Å²) in [4.78, 5) is 29.6. The van der Waals surface area contributed by atoms with Gasteiger partial charge in [-0.2, -0.15) is 0 Å². The van der Waals surface area contributed by atoms with Gasteiger partial charge >= 0.3 is 0 Å². The Balaban J connectivity index is 1.55. The fraction of sp³-hybridized carbons (Fsp3) is 0.636. The van der Waals surface area contributed by atoms with E-state index in [0.717, 1.165) is 38.4 Å². The maximum atomic E-state index is 12.7. The number of benzene rings is 1. The monoisotopic (exact) mass is 402 g/mol. The van der Waals surface area contributed by atoms with Crippen LogP contribution in [0, 0.1) is 6.92 Å². The van der Waals surface area contributed by atoms with E-state index in [0.29, 0.717) is 19.6 Å². The van der Waals surface area contributed by atoms with Crippen LogP contribution in [0.2, 0.25) is 0 Å². The smallest absolute Gasteiger partial charge is 0.237 e. The predicted octanol–water partition coefficient (Wildman–Crippen LogP) is 0.913. The van der Waals surface area contributed by atoms with E-state index < -0.39 is 6.04 Å². The summed E-state index contributed by atoms with van der Waals surface area (Å²) < 4.78 is 5.42. The number of amides is 2. The maximum Gasteiger partial charge on any atom is 0.237 e. The Bertz CT molecular complexity index is 699. The number of ether oxygens (including phenoxy) is 1. The third kappa shape index (κ3) is 6.01. The number of carbonyl (C=O) groups excluding carboxylic acids is 2. The summed E-state index contributed by atoms with van der Waals surface area (Å²) in [5.41, 5.74) is 2.23. The molecule has 2 amide bonds. The summed E-state index contributed by atoms with van der Waals surface area (Å²) in [6.07, 6.45) is 0.177. The van der Waals surface area contributed by atoms with E-state index >= 15 is 0 Å². The highest BCUT2D eigenvalue weighted by atomic mass is 16.5. The van der Waals surface area contributed by atoms with Crippen molar-refractivity contribution in [1.29, 1.82) is 0 Å². The zero-order valence-electron chi connectivity index (χ0n) is 17.9. The van der Waals surface area contributed by atoms with Gasteiger partial charge in [-0.05, 0) is 26.3 Å². The van der Waals surface area contributed by atoms with E-state index in [4.69, 9.17) is 4.74 Å². The summed E-state index contributed by atoms with van der Waals surface area (Å²) in [6, 6.07) is 7.90. The Morgan fingerprint density at radius 3 is 2.59 bits per heavy atom. The molecule has 0 radical (unpaired) electrons. The van der Waals surface area contributed by atoms with Gasteiger partial charge in [-0.1, -0.05) is 29.8 Å². The summed E-state index contributed by atoms with van der Waals surface area (Å²) in [6.45, 7) is 12.1. The highest BCUT2D eigenvalue weighted by molar-refractivity contribution is 5.88.